The number of nitrogens with zero attached hydrogens (tertiary/aromatic N) is 4. The Morgan fingerprint density at radius 2 is 2.00 bits per heavy atom. The number of hydrogen-bond donors (Lipinski definition) is 1. The van der Waals surface area contributed by atoms with E-state index in [4.69, 9.17) is 15.7 Å². The van der Waals surface area contributed by atoms with Gasteiger partial charge in [-0.1, -0.05) is 0 Å². The first-order chi connectivity index (χ1) is 11.2. The van der Waals surface area contributed by atoms with Crippen molar-refractivity contribution in [2.45, 2.75) is 6.92 Å². The highest BCUT2D eigenvalue weighted by Crippen LogP contribution is 2.21. The lowest BCUT2D eigenvalue weighted by Crippen LogP contribution is -1.97. The van der Waals surface area contributed by atoms with E-state index in [9.17, 15) is 0 Å². The quantitative estimate of drug-likeness (QED) is 0.748. The molecule has 0 bridgehead atoms. The molecule has 0 fully saturated rings. The van der Waals surface area contributed by atoms with Gasteiger partial charge in [0.25, 0.3) is 0 Å². The van der Waals surface area contributed by atoms with E-state index in [1.54, 1.807) is 23.1 Å². The Bertz CT molecular complexity index is 861. The fourth-order valence-electron chi connectivity index (χ4n) is 2.15. The number of aryl methyl sites for hydroxylation is 1. The summed E-state index contributed by atoms with van der Waals surface area (Å²) in [6.07, 6.45) is 1.66. The fourth-order valence-corrected chi connectivity index (χ4v) is 2.15. The van der Waals surface area contributed by atoms with E-state index in [1.165, 1.54) is 0 Å². The van der Waals surface area contributed by atoms with E-state index in [0.29, 0.717) is 11.6 Å². The first-order valence-corrected chi connectivity index (χ1v) is 7.06. The molecule has 0 radical (unpaired) electrons. The third-order valence-electron chi connectivity index (χ3n) is 3.42. The number of aromatic nitrogens is 3. The molecule has 2 aromatic carbocycles. The lowest BCUT2D eigenvalue weighted by atomic mass is 10.1. The van der Waals surface area contributed by atoms with E-state index in [0.717, 1.165) is 22.5 Å². The summed E-state index contributed by atoms with van der Waals surface area (Å²) in [5.74, 6) is 1.28. The topological polar surface area (TPSA) is 89.8 Å². The summed E-state index contributed by atoms with van der Waals surface area (Å²) in [5.41, 5.74) is 9.37. The second-order valence-electron chi connectivity index (χ2n) is 5.02. The van der Waals surface area contributed by atoms with Crippen LogP contribution in [0.15, 0.2) is 48.8 Å². The second kappa shape index (κ2) is 6.20. The van der Waals surface area contributed by atoms with Crippen LogP contribution in [0.1, 0.15) is 5.56 Å². The summed E-state index contributed by atoms with van der Waals surface area (Å²) >= 11 is 0. The van der Waals surface area contributed by atoms with Crippen molar-refractivity contribution >= 4 is 5.69 Å². The highest BCUT2D eigenvalue weighted by atomic mass is 16.5. The molecule has 1 aromatic heterocycles. The fraction of sp³-hybridized carbons (Fsp3) is 0.118. The van der Waals surface area contributed by atoms with Crippen molar-refractivity contribution < 1.29 is 4.74 Å². The van der Waals surface area contributed by atoms with Crippen molar-refractivity contribution in [1.29, 1.82) is 5.26 Å². The third kappa shape index (κ3) is 3.14. The lowest BCUT2D eigenvalue weighted by molar-refractivity contribution is 0.368. The van der Waals surface area contributed by atoms with Gasteiger partial charge < -0.3 is 10.5 Å². The number of hydrogen-bond acceptors (Lipinski definition) is 5. The molecule has 0 atom stereocenters. The first kappa shape index (κ1) is 14.6. The molecule has 0 unspecified atom stereocenters. The normalized spacial score (nSPS) is 10.3. The van der Waals surface area contributed by atoms with Gasteiger partial charge >= 0.3 is 0 Å². The summed E-state index contributed by atoms with van der Waals surface area (Å²) < 4.78 is 6.92. The number of nitrogen functional groups attached to an aromatic ring is 1. The van der Waals surface area contributed by atoms with Gasteiger partial charge in [0.1, 0.15) is 18.1 Å². The molecule has 0 saturated heterocycles. The Balaban J connectivity index is 1.84. The van der Waals surface area contributed by atoms with E-state index >= 15 is 0 Å². The molecule has 0 saturated carbocycles. The van der Waals surface area contributed by atoms with Crippen LogP contribution in [-0.2, 0) is 0 Å². The summed E-state index contributed by atoms with van der Waals surface area (Å²) in [7, 11) is 0. The third-order valence-corrected chi connectivity index (χ3v) is 3.42. The number of benzene rings is 2. The predicted octanol–water partition coefficient (Wildman–Crippen LogP) is 2.73. The van der Waals surface area contributed by atoms with Crippen LogP contribution in [0.25, 0.3) is 17.1 Å². The highest BCUT2D eigenvalue weighted by Gasteiger charge is 2.07. The molecule has 0 aliphatic rings. The van der Waals surface area contributed by atoms with E-state index in [-0.39, 0.29) is 6.61 Å². The van der Waals surface area contributed by atoms with Crippen molar-refractivity contribution in [2.24, 2.45) is 0 Å². The van der Waals surface area contributed by atoms with Gasteiger partial charge in [0.05, 0.1) is 5.69 Å². The average Bonchev–Trinajstić information content (AvgIpc) is 3.06. The lowest BCUT2D eigenvalue weighted by Gasteiger charge is -2.04. The van der Waals surface area contributed by atoms with Gasteiger partial charge in [0.15, 0.2) is 12.4 Å². The largest absolute Gasteiger partial charge is 0.479 e. The van der Waals surface area contributed by atoms with Gasteiger partial charge in [0, 0.05) is 11.3 Å². The monoisotopic (exact) mass is 305 g/mol. The SMILES string of the molecule is Cc1cc(-c2ncn(-c3ccc(OCC#N)cc3)n2)ccc1N. The summed E-state index contributed by atoms with van der Waals surface area (Å²) in [5, 5.41) is 13.0. The molecule has 1 heterocycles. The molecule has 6 heteroatoms. The molecule has 0 spiro atoms. The number of rotatable bonds is 4. The van der Waals surface area contributed by atoms with Crippen molar-refractivity contribution in [3.8, 4) is 28.9 Å². The molecule has 3 rings (SSSR count). The van der Waals surface area contributed by atoms with E-state index in [1.807, 2.05) is 43.3 Å². The van der Waals surface area contributed by atoms with Crippen LogP contribution in [0.2, 0.25) is 0 Å². The smallest absolute Gasteiger partial charge is 0.181 e. The number of anilines is 1. The maximum atomic E-state index is 8.50. The van der Waals surface area contributed by atoms with Crippen LogP contribution in [0.4, 0.5) is 5.69 Å². The van der Waals surface area contributed by atoms with Crippen molar-refractivity contribution in [3.05, 3.63) is 54.4 Å². The highest BCUT2D eigenvalue weighted by molar-refractivity contribution is 5.61. The van der Waals surface area contributed by atoms with Crippen LogP contribution in [0, 0.1) is 18.3 Å². The summed E-state index contributed by atoms with van der Waals surface area (Å²) in [6, 6.07) is 15.0. The van der Waals surface area contributed by atoms with E-state index in [2.05, 4.69) is 10.1 Å². The molecule has 114 valence electrons. The molecule has 6 nitrogen and oxygen atoms in total. The van der Waals surface area contributed by atoms with Crippen molar-refractivity contribution in [1.82, 2.24) is 14.8 Å². The zero-order valence-corrected chi connectivity index (χ0v) is 12.6. The zero-order valence-electron chi connectivity index (χ0n) is 12.6. The maximum Gasteiger partial charge on any atom is 0.181 e. The Hall–Kier alpha value is -3.33. The van der Waals surface area contributed by atoms with Crippen molar-refractivity contribution in [3.63, 3.8) is 0 Å². The van der Waals surface area contributed by atoms with Crippen LogP contribution < -0.4 is 10.5 Å². The molecular weight excluding hydrogens is 290 g/mol. The Morgan fingerprint density at radius 1 is 1.22 bits per heavy atom. The van der Waals surface area contributed by atoms with Crippen LogP contribution >= 0.6 is 0 Å². The zero-order chi connectivity index (χ0) is 16.2. The molecule has 0 aliphatic heterocycles. The number of nitriles is 1. The van der Waals surface area contributed by atoms with Gasteiger partial charge in [-0.05, 0) is 55.0 Å². The first-order valence-electron chi connectivity index (χ1n) is 7.06. The standard InChI is InChI=1S/C17H15N5O/c1-12-10-13(2-7-16(12)19)17-20-11-22(21-17)14-3-5-15(6-4-14)23-9-8-18/h2-7,10-11H,9,19H2,1H3. The van der Waals surface area contributed by atoms with Gasteiger partial charge in [-0.2, -0.15) is 5.26 Å². The minimum atomic E-state index is 0.0311. The van der Waals surface area contributed by atoms with Crippen molar-refractivity contribution in [2.75, 3.05) is 12.3 Å². The second-order valence-corrected chi connectivity index (χ2v) is 5.02. The Kier molecular flexibility index (Phi) is 3.93. The minimum absolute atomic E-state index is 0.0311. The van der Waals surface area contributed by atoms with E-state index < -0.39 is 0 Å². The van der Waals surface area contributed by atoms with Crippen LogP contribution in [0.3, 0.4) is 0 Å². The molecular formula is C17H15N5O. The average molecular weight is 305 g/mol. The Labute approximate surface area is 133 Å². The number of ether oxygens (including phenoxy) is 1. The molecule has 0 aliphatic carbocycles. The molecule has 0 amide bonds. The summed E-state index contributed by atoms with van der Waals surface area (Å²) in [6.45, 7) is 1.99. The van der Waals surface area contributed by atoms with Gasteiger partial charge in [-0.15, -0.1) is 5.10 Å². The Morgan fingerprint density at radius 3 is 2.70 bits per heavy atom. The predicted molar refractivity (Wildman–Crippen MR) is 87.1 cm³/mol. The van der Waals surface area contributed by atoms with Crippen LogP contribution in [-0.4, -0.2) is 21.4 Å². The van der Waals surface area contributed by atoms with Gasteiger partial charge in [-0.3, -0.25) is 0 Å². The molecule has 3 aromatic rings. The number of nitrogens with two attached hydrogens (primary N) is 1. The van der Waals surface area contributed by atoms with Gasteiger partial charge in [0.2, 0.25) is 0 Å². The summed E-state index contributed by atoms with van der Waals surface area (Å²) in [4.78, 5) is 4.34. The van der Waals surface area contributed by atoms with Gasteiger partial charge in [-0.25, -0.2) is 9.67 Å². The maximum absolute atomic E-state index is 8.50. The van der Waals surface area contributed by atoms with Crippen LogP contribution in [0.5, 0.6) is 5.75 Å². The molecule has 2 N–H and O–H groups in total. The molecule has 23 heavy (non-hydrogen) atoms. The minimum Gasteiger partial charge on any atom is -0.479 e.